The number of carbonyl (C=O) groups excluding carboxylic acids is 1. The number of carboxylic acids is 1. The zero-order valence-electron chi connectivity index (χ0n) is 11.3. The molecule has 0 heterocycles. The Balaban J connectivity index is 0.00000180. The van der Waals surface area contributed by atoms with Crippen molar-refractivity contribution in [1.29, 1.82) is 0 Å². The van der Waals surface area contributed by atoms with Gasteiger partial charge in [0.1, 0.15) is 5.75 Å². The minimum absolute atomic E-state index is 0. The van der Waals surface area contributed by atoms with Crippen LogP contribution in [0.5, 0.6) is 5.75 Å². The standard InChI is InChI=1S/C15H16O3.K/c1-11-9-12-5-2-3-6-13(12)10-14(11)18-8-4-7-15(16)17;/h2-3,5-6,9-10H,4,7-8H2,1H3,(H,16,17);/q;+1/p-1. The second-order valence-corrected chi connectivity index (χ2v) is 4.29. The predicted molar refractivity (Wildman–Crippen MR) is 68.4 cm³/mol. The molecule has 0 saturated heterocycles. The van der Waals surface area contributed by atoms with E-state index in [1.165, 1.54) is 5.39 Å². The van der Waals surface area contributed by atoms with Crippen molar-refractivity contribution in [3.63, 3.8) is 0 Å². The number of fused-ring (bicyclic) bond motifs is 1. The fourth-order valence-electron chi connectivity index (χ4n) is 1.89. The maximum Gasteiger partial charge on any atom is 1.00 e. The molecule has 0 aliphatic carbocycles. The second-order valence-electron chi connectivity index (χ2n) is 4.29. The van der Waals surface area contributed by atoms with Crippen molar-refractivity contribution >= 4 is 16.7 Å². The van der Waals surface area contributed by atoms with Crippen LogP contribution >= 0.6 is 0 Å². The SMILES string of the molecule is Cc1cc2ccccc2cc1OCCCC(=O)[O-].[K+]. The number of hydrogen-bond acceptors (Lipinski definition) is 3. The number of aliphatic carboxylic acids is 1. The Kier molecular flexibility index (Phi) is 7.03. The molecule has 2 aromatic carbocycles. The largest absolute Gasteiger partial charge is 1.00 e. The van der Waals surface area contributed by atoms with Crippen LogP contribution in [0.2, 0.25) is 0 Å². The fourth-order valence-corrected chi connectivity index (χ4v) is 1.89. The van der Waals surface area contributed by atoms with Gasteiger partial charge in [-0.3, -0.25) is 0 Å². The third-order valence-electron chi connectivity index (χ3n) is 2.83. The predicted octanol–water partition coefficient (Wildman–Crippen LogP) is -0.939. The van der Waals surface area contributed by atoms with E-state index >= 15 is 0 Å². The summed E-state index contributed by atoms with van der Waals surface area (Å²) in [6, 6.07) is 12.1. The van der Waals surface area contributed by atoms with E-state index < -0.39 is 5.97 Å². The van der Waals surface area contributed by atoms with Crippen molar-refractivity contribution in [2.24, 2.45) is 0 Å². The molecule has 2 aromatic rings. The van der Waals surface area contributed by atoms with Crippen LogP contribution in [0.1, 0.15) is 18.4 Å². The second kappa shape index (κ2) is 8.02. The van der Waals surface area contributed by atoms with Crippen LogP contribution in [0.25, 0.3) is 10.8 Å². The van der Waals surface area contributed by atoms with Crippen LogP contribution in [0, 0.1) is 6.92 Å². The monoisotopic (exact) mass is 282 g/mol. The summed E-state index contributed by atoms with van der Waals surface area (Å²) in [6.07, 6.45) is 0.501. The van der Waals surface area contributed by atoms with Crippen LogP contribution in [-0.4, -0.2) is 12.6 Å². The van der Waals surface area contributed by atoms with E-state index in [0.717, 1.165) is 16.7 Å². The van der Waals surface area contributed by atoms with Crippen molar-refractivity contribution in [3.8, 4) is 5.75 Å². The number of aryl methyl sites for hydroxylation is 1. The van der Waals surface area contributed by atoms with Gasteiger partial charge in [-0.15, -0.1) is 0 Å². The Morgan fingerprint density at radius 1 is 1.21 bits per heavy atom. The molecule has 4 heteroatoms. The summed E-state index contributed by atoms with van der Waals surface area (Å²) in [7, 11) is 0. The molecular weight excluding hydrogens is 267 g/mol. The van der Waals surface area contributed by atoms with E-state index in [9.17, 15) is 9.90 Å². The minimum atomic E-state index is -1.03. The first-order chi connectivity index (χ1) is 8.66. The van der Waals surface area contributed by atoms with E-state index in [1.54, 1.807) is 0 Å². The number of carbonyl (C=O) groups is 1. The topological polar surface area (TPSA) is 49.4 Å². The molecule has 2 rings (SSSR count). The van der Waals surface area contributed by atoms with Crippen molar-refractivity contribution in [3.05, 3.63) is 42.0 Å². The quantitative estimate of drug-likeness (QED) is 0.525. The van der Waals surface area contributed by atoms with Crippen LogP contribution < -0.4 is 61.2 Å². The van der Waals surface area contributed by atoms with E-state index in [-0.39, 0.29) is 57.8 Å². The molecule has 0 N–H and O–H groups in total. The van der Waals surface area contributed by atoms with Gasteiger partial charge in [0.05, 0.1) is 6.61 Å². The summed E-state index contributed by atoms with van der Waals surface area (Å²) < 4.78 is 5.60. The summed E-state index contributed by atoms with van der Waals surface area (Å²) >= 11 is 0. The third-order valence-corrected chi connectivity index (χ3v) is 2.83. The van der Waals surface area contributed by atoms with Crippen molar-refractivity contribution < 1.29 is 66.0 Å². The molecule has 0 aliphatic heterocycles. The zero-order valence-corrected chi connectivity index (χ0v) is 14.4. The molecule has 0 bridgehead atoms. The normalized spacial score (nSPS) is 9.95. The molecule has 19 heavy (non-hydrogen) atoms. The van der Waals surface area contributed by atoms with Gasteiger partial charge in [0.15, 0.2) is 0 Å². The van der Waals surface area contributed by atoms with Crippen molar-refractivity contribution in [2.75, 3.05) is 6.61 Å². The summed E-state index contributed by atoms with van der Waals surface area (Å²) in [6.45, 7) is 2.38. The van der Waals surface area contributed by atoms with Crippen LogP contribution in [0.3, 0.4) is 0 Å². The Bertz CT molecular complexity index is 566. The van der Waals surface area contributed by atoms with Gasteiger partial charge in [-0.2, -0.15) is 0 Å². The maximum atomic E-state index is 10.3. The number of benzene rings is 2. The van der Waals surface area contributed by atoms with Gasteiger partial charge in [0.25, 0.3) is 0 Å². The molecular formula is C15H15KO3. The van der Waals surface area contributed by atoms with Gasteiger partial charge in [0, 0.05) is 5.97 Å². The Labute approximate surface area is 155 Å². The summed E-state index contributed by atoms with van der Waals surface area (Å²) in [5.74, 6) is -0.221. The maximum absolute atomic E-state index is 10.3. The molecule has 0 unspecified atom stereocenters. The van der Waals surface area contributed by atoms with Gasteiger partial charge < -0.3 is 14.6 Å². The molecule has 0 aromatic heterocycles. The van der Waals surface area contributed by atoms with Crippen LogP contribution in [-0.2, 0) is 4.79 Å². The summed E-state index contributed by atoms with van der Waals surface area (Å²) in [5.41, 5.74) is 1.06. The van der Waals surface area contributed by atoms with E-state index in [4.69, 9.17) is 4.74 Å². The Morgan fingerprint density at radius 2 is 1.84 bits per heavy atom. The molecule has 0 fully saturated rings. The van der Waals surface area contributed by atoms with Gasteiger partial charge in [-0.25, -0.2) is 0 Å². The average molecular weight is 282 g/mol. The van der Waals surface area contributed by atoms with Gasteiger partial charge in [-0.05, 0) is 48.2 Å². The first kappa shape index (κ1) is 16.7. The first-order valence-electron chi connectivity index (χ1n) is 5.99. The van der Waals surface area contributed by atoms with E-state index in [2.05, 4.69) is 12.1 Å². The van der Waals surface area contributed by atoms with Gasteiger partial charge >= 0.3 is 51.4 Å². The van der Waals surface area contributed by atoms with Crippen molar-refractivity contribution in [2.45, 2.75) is 19.8 Å². The fraction of sp³-hybridized carbons (Fsp3) is 0.267. The number of rotatable bonds is 5. The molecule has 94 valence electrons. The number of carboxylic acid groups (broad SMARTS) is 1. The molecule has 0 spiro atoms. The smallest absolute Gasteiger partial charge is 0.550 e. The number of ether oxygens (including phenoxy) is 1. The van der Waals surface area contributed by atoms with Gasteiger partial charge in [0.2, 0.25) is 0 Å². The minimum Gasteiger partial charge on any atom is -0.550 e. The molecule has 0 radical (unpaired) electrons. The van der Waals surface area contributed by atoms with Crippen molar-refractivity contribution in [1.82, 2.24) is 0 Å². The Hall–Kier alpha value is -0.394. The first-order valence-corrected chi connectivity index (χ1v) is 5.99. The number of hydrogen-bond donors (Lipinski definition) is 0. The van der Waals surface area contributed by atoms with Crippen LogP contribution in [0.4, 0.5) is 0 Å². The van der Waals surface area contributed by atoms with E-state index in [1.807, 2.05) is 31.2 Å². The van der Waals surface area contributed by atoms with E-state index in [0.29, 0.717) is 13.0 Å². The summed E-state index contributed by atoms with van der Waals surface area (Å²) in [5, 5.41) is 12.6. The average Bonchev–Trinajstić information content (AvgIpc) is 2.34. The zero-order chi connectivity index (χ0) is 13.0. The molecule has 0 atom stereocenters. The molecule has 3 nitrogen and oxygen atoms in total. The summed E-state index contributed by atoms with van der Waals surface area (Å²) in [4.78, 5) is 10.3. The van der Waals surface area contributed by atoms with Crippen LogP contribution in [0.15, 0.2) is 36.4 Å². The Morgan fingerprint density at radius 3 is 2.47 bits per heavy atom. The third kappa shape index (κ3) is 4.89. The molecule has 0 aliphatic rings. The molecule has 0 saturated carbocycles. The molecule has 0 amide bonds. The van der Waals surface area contributed by atoms with Gasteiger partial charge in [-0.1, -0.05) is 24.3 Å².